The summed E-state index contributed by atoms with van der Waals surface area (Å²) in [5, 5.41) is 16.2. The Morgan fingerprint density at radius 1 is 0.893 bits per heavy atom. The number of anilines is 2. The van der Waals surface area contributed by atoms with Crippen molar-refractivity contribution in [2.75, 3.05) is 23.8 Å². The Hall–Kier alpha value is -3.50. The molecule has 0 aliphatic heterocycles. The standard InChI is InChI=1S/C21H22N2O5/c1-4-21(26,15-7-11-17(12-8-15)22-19(24)27-5-2)16-9-13-18(14-10-16)23-20(25)28-6-3/h1,7-14,26H,5-6H2,2-3H3,(H,22,24)(H,23,25). The van der Waals surface area contributed by atoms with Gasteiger partial charge in [0.15, 0.2) is 5.60 Å². The number of terminal acetylenes is 1. The van der Waals surface area contributed by atoms with Gasteiger partial charge in [0.1, 0.15) is 0 Å². The summed E-state index contributed by atoms with van der Waals surface area (Å²) in [6, 6.07) is 12.9. The van der Waals surface area contributed by atoms with E-state index < -0.39 is 17.8 Å². The molecular weight excluding hydrogens is 360 g/mol. The van der Waals surface area contributed by atoms with Crippen molar-refractivity contribution < 1.29 is 24.2 Å². The van der Waals surface area contributed by atoms with E-state index in [0.717, 1.165) is 0 Å². The van der Waals surface area contributed by atoms with Gasteiger partial charge < -0.3 is 14.6 Å². The second kappa shape index (κ2) is 9.44. The molecule has 7 heteroatoms. The van der Waals surface area contributed by atoms with Crippen molar-refractivity contribution in [2.24, 2.45) is 0 Å². The molecule has 0 fully saturated rings. The van der Waals surface area contributed by atoms with Crippen LogP contribution in [0.2, 0.25) is 0 Å². The lowest BCUT2D eigenvalue weighted by atomic mass is 9.87. The number of amides is 2. The van der Waals surface area contributed by atoms with Crippen LogP contribution in [0.3, 0.4) is 0 Å². The normalized spacial score (nSPS) is 10.5. The van der Waals surface area contributed by atoms with E-state index >= 15 is 0 Å². The van der Waals surface area contributed by atoms with Gasteiger partial charge in [0.25, 0.3) is 0 Å². The molecule has 0 aliphatic carbocycles. The molecule has 0 aromatic heterocycles. The van der Waals surface area contributed by atoms with Crippen LogP contribution in [0.15, 0.2) is 48.5 Å². The summed E-state index contributed by atoms with van der Waals surface area (Å²) in [5.74, 6) is 2.40. The van der Waals surface area contributed by atoms with E-state index in [2.05, 4.69) is 16.6 Å². The molecule has 0 aliphatic rings. The van der Waals surface area contributed by atoms with E-state index in [4.69, 9.17) is 15.9 Å². The minimum absolute atomic E-state index is 0.266. The lowest BCUT2D eigenvalue weighted by molar-refractivity contribution is 0.145. The van der Waals surface area contributed by atoms with Gasteiger partial charge in [-0.2, -0.15) is 0 Å². The summed E-state index contributed by atoms with van der Waals surface area (Å²) in [5.41, 5.74) is 0.252. The fraction of sp³-hybridized carbons (Fsp3) is 0.238. The largest absolute Gasteiger partial charge is 0.450 e. The number of benzene rings is 2. The molecule has 0 radical (unpaired) electrons. The van der Waals surface area contributed by atoms with Gasteiger partial charge in [-0.3, -0.25) is 10.6 Å². The highest BCUT2D eigenvalue weighted by atomic mass is 16.6. The molecule has 3 N–H and O–H groups in total. The number of carbonyl (C=O) groups excluding carboxylic acids is 2. The highest BCUT2D eigenvalue weighted by Crippen LogP contribution is 2.30. The molecule has 2 aromatic carbocycles. The Labute approximate surface area is 163 Å². The lowest BCUT2D eigenvalue weighted by Crippen LogP contribution is -2.25. The molecule has 2 amide bonds. The average molecular weight is 382 g/mol. The maximum absolute atomic E-state index is 11.5. The van der Waals surface area contributed by atoms with Crippen molar-refractivity contribution in [1.29, 1.82) is 0 Å². The van der Waals surface area contributed by atoms with E-state index in [-0.39, 0.29) is 13.2 Å². The summed E-state index contributed by atoms with van der Waals surface area (Å²) in [4.78, 5) is 22.9. The first-order chi connectivity index (χ1) is 13.4. The molecule has 0 saturated heterocycles. The minimum atomic E-state index is -1.68. The topological polar surface area (TPSA) is 96.9 Å². The molecule has 7 nitrogen and oxygen atoms in total. The van der Waals surface area contributed by atoms with Crippen LogP contribution in [0.1, 0.15) is 25.0 Å². The predicted molar refractivity (Wildman–Crippen MR) is 106 cm³/mol. The van der Waals surface area contributed by atoms with Crippen molar-refractivity contribution in [3.05, 3.63) is 59.7 Å². The van der Waals surface area contributed by atoms with Crippen molar-refractivity contribution in [2.45, 2.75) is 19.4 Å². The third-order valence-electron chi connectivity index (χ3n) is 3.86. The van der Waals surface area contributed by atoms with Gasteiger partial charge in [0.05, 0.1) is 13.2 Å². The fourth-order valence-electron chi connectivity index (χ4n) is 2.49. The minimum Gasteiger partial charge on any atom is -0.450 e. The summed E-state index contributed by atoms with van der Waals surface area (Å²) < 4.78 is 9.63. The van der Waals surface area contributed by atoms with Crippen molar-refractivity contribution in [1.82, 2.24) is 0 Å². The van der Waals surface area contributed by atoms with Crippen molar-refractivity contribution in [3.63, 3.8) is 0 Å². The fourth-order valence-corrected chi connectivity index (χ4v) is 2.49. The maximum atomic E-state index is 11.5. The van der Waals surface area contributed by atoms with Crippen LogP contribution in [0, 0.1) is 12.3 Å². The first-order valence-electron chi connectivity index (χ1n) is 8.71. The molecular formula is C21H22N2O5. The van der Waals surface area contributed by atoms with Crippen molar-refractivity contribution in [3.8, 4) is 12.3 Å². The lowest BCUT2D eigenvalue weighted by Gasteiger charge is -2.24. The number of rotatable bonds is 6. The summed E-state index contributed by atoms with van der Waals surface area (Å²) >= 11 is 0. The number of carbonyl (C=O) groups is 2. The zero-order chi connectivity index (χ0) is 20.6. The zero-order valence-electron chi connectivity index (χ0n) is 15.7. The average Bonchev–Trinajstić information content (AvgIpc) is 2.69. The molecule has 28 heavy (non-hydrogen) atoms. The van der Waals surface area contributed by atoms with Gasteiger partial charge in [-0.05, 0) is 38.1 Å². The van der Waals surface area contributed by atoms with E-state index in [0.29, 0.717) is 22.5 Å². The van der Waals surface area contributed by atoms with Crippen LogP contribution >= 0.6 is 0 Å². The third-order valence-corrected chi connectivity index (χ3v) is 3.86. The Balaban J connectivity index is 2.19. The first kappa shape index (κ1) is 20.8. The zero-order valence-corrected chi connectivity index (χ0v) is 15.7. The maximum Gasteiger partial charge on any atom is 0.411 e. The Kier molecular flexibility index (Phi) is 7.02. The number of hydrogen-bond donors (Lipinski definition) is 3. The van der Waals surface area contributed by atoms with E-state index in [1.54, 1.807) is 62.4 Å². The van der Waals surface area contributed by atoms with Crippen LogP contribution in [-0.2, 0) is 15.1 Å². The predicted octanol–water partition coefficient (Wildman–Crippen LogP) is 3.69. The van der Waals surface area contributed by atoms with Crippen LogP contribution in [0.4, 0.5) is 21.0 Å². The number of hydrogen-bond acceptors (Lipinski definition) is 5. The van der Waals surface area contributed by atoms with E-state index in [1.807, 2.05) is 0 Å². The van der Waals surface area contributed by atoms with Gasteiger partial charge >= 0.3 is 12.2 Å². The summed E-state index contributed by atoms with van der Waals surface area (Å²) in [6.45, 7) is 3.95. The van der Waals surface area contributed by atoms with Crippen LogP contribution in [0.25, 0.3) is 0 Å². The van der Waals surface area contributed by atoms with Crippen LogP contribution in [-0.4, -0.2) is 30.5 Å². The third kappa shape index (κ3) is 5.02. The van der Waals surface area contributed by atoms with Crippen LogP contribution in [0.5, 0.6) is 0 Å². The van der Waals surface area contributed by atoms with Gasteiger partial charge in [0, 0.05) is 22.5 Å². The Bertz CT molecular complexity index is 790. The number of ether oxygens (including phenoxy) is 2. The quantitative estimate of drug-likeness (QED) is 0.662. The summed E-state index contributed by atoms with van der Waals surface area (Å²) in [7, 11) is 0. The molecule has 2 aromatic rings. The molecule has 0 unspecified atom stereocenters. The molecule has 0 saturated carbocycles. The molecule has 0 heterocycles. The van der Waals surface area contributed by atoms with E-state index in [1.165, 1.54) is 0 Å². The van der Waals surface area contributed by atoms with Gasteiger partial charge in [-0.15, -0.1) is 6.42 Å². The van der Waals surface area contributed by atoms with Crippen LogP contribution < -0.4 is 10.6 Å². The number of aliphatic hydroxyl groups is 1. The molecule has 146 valence electrons. The Morgan fingerprint density at radius 2 is 1.25 bits per heavy atom. The first-order valence-corrected chi connectivity index (χ1v) is 8.71. The SMILES string of the molecule is C#CC(O)(c1ccc(NC(=O)OCC)cc1)c1ccc(NC(=O)OCC)cc1. The molecule has 0 atom stereocenters. The van der Waals surface area contributed by atoms with Crippen molar-refractivity contribution >= 4 is 23.6 Å². The van der Waals surface area contributed by atoms with Gasteiger partial charge in [0.2, 0.25) is 0 Å². The second-order valence-corrected chi connectivity index (χ2v) is 5.70. The summed E-state index contributed by atoms with van der Waals surface area (Å²) in [6.07, 6.45) is 4.48. The molecule has 2 rings (SSSR count). The van der Waals surface area contributed by atoms with Gasteiger partial charge in [-0.25, -0.2) is 9.59 Å². The highest BCUT2D eigenvalue weighted by molar-refractivity contribution is 5.85. The monoisotopic (exact) mass is 382 g/mol. The molecule has 0 bridgehead atoms. The van der Waals surface area contributed by atoms with E-state index in [9.17, 15) is 14.7 Å². The number of nitrogens with one attached hydrogen (secondary N) is 2. The smallest absolute Gasteiger partial charge is 0.411 e. The highest BCUT2D eigenvalue weighted by Gasteiger charge is 2.29. The Morgan fingerprint density at radius 3 is 1.54 bits per heavy atom. The molecule has 0 spiro atoms. The van der Waals surface area contributed by atoms with Gasteiger partial charge in [-0.1, -0.05) is 30.2 Å². The second-order valence-electron chi connectivity index (χ2n) is 5.70.